The lowest BCUT2D eigenvalue weighted by Crippen LogP contribution is -1.95. The third-order valence-corrected chi connectivity index (χ3v) is 3.34. The van der Waals surface area contributed by atoms with Crippen molar-refractivity contribution in [3.05, 3.63) is 27.6 Å². The summed E-state index contributed by atoms with van der Waals surface area (Å²) in [5, 5.41) is 6.65. The second kappa shape index (κ2) is 4.91. The Kier molecular flexibility index (Phi) is 3.51. The second-order valence-electron chi connectivity index (χ2n) is 3.38. The minimum absolute atomic E-state index is 0.249. The molecule has 0 aliphatic carbocycles. The number of halogens is 2. The lowest BCUT2D eigenvalue weighted by molar-refractivity contribution is 0.321. The average molecular weight is 347 g/mol. The highest BCUT2D eigenvalue weighted by Crippen LogP contribution is 2.29. The van der Waals surface area contributed by atoms with Crippen LogP contribution in [0.5, 0.6) is 5.75 Å². The van der Waals surface area contributed by atoms with Gasteiger partial charge in [0, 0.05) is 5.56 Å². The van der Waals surface area contributed by atoms with Gasteiger partial charge in [-0.1, -0.05) is 0 Å². The largest absolute Gasteiger partial charge is 0.491 e. The maximum atomic E-state index is 13.7. The highest BCUT2D eigenvalue weighted by molar-refractivity contribution is 14.1. The number of aromatic amines is 1. The van der Waals surface area contributed by atoms with Crippen molar-refractivity contribution in [3.63, 3.8) is 0 Å². The number of hydrogen-bond acceptors (Lipinski definition) is 3. The van der Waals surface area contributed by atoms with Gasteiger partial charge in [-0.2, -0.15) is 5.10 Å². The standard InChI is InChI=1S/C11H11FIN3O/c1-2-17-8-4-3-6(5-7(8)12)10-9(13)11(14)16-15-10/h3-5H,2H2,1H3,(H3,14,15,16). The second-order valence-corrected chi connectivity index (χ2v) is 4.45. The van der Waals surface area contributed by atoms with E-state index in [9.17, 15) is 4.39 Å². The van der Waals surface area contributed by atoms with Crippen molar-refractivity contribution in [1.29, 1.82) is 0 Å². The molecule has 0 aliphatic rings. The molecule has 17 heavy (non-hydrogen) atoms. The number of nitrogens with two attached hydrogens (primary N) is 1. The predicted octanol–water partition coefficient (Wildman–Crippen LogP) is 2.80. The van der Waals surface area contributed by atoms with Crippen LogP contribution in [-0.2, 0) is 0 Å². The summed E-state index contributed by atoms with van der Waals surface area (Å²) in [7, 11) is 0. The van der Waals surface area contributed by atoms with Gasteiger partial charge in [0.05, 0.1) is 15.9 Å². The number of benzene rings is 1. The third-order valence-electron chi connectivity index (χ3n) is 2.25. The van der Waals surface area contributed by atoms with Crippen molar-refractivity contribution < 1.29 is 9.13 Å². The van der Waals surface area contributed by atoms with E-state index in [1.165, 1.54) is 6.07 Å². The molecule has 0 bridgehead atoms. The Morgan fingerprint density at radius 2 is 2.29 bits per heavy atom. The lowest BCUT2D eigenvalue weighted by Gasteiger charge is -2.06. The number of nitrogens with zero attached hydrogens (tertiary/aromatic N) is 1. The van der Waals surface area contributed by atoms with Crippen molar-refractivity contribution in [2.75, 3.05) is 12.3 Å². The predicted molar refractivity (Wildman–Crippen MR) is 72.3 cm³/mol. The summed E-state index contributed by atoms with van der Waals surface area (Å²) >= 11 is 2.07. The van der Waals surface area contributed by atoms with Gasteiger partial charge in [0.15, 0.2) is 17.4 Å². The van der Waals surface area contributed by atoms with Crippen LogP contribution >= 0.6 is 22.6 Å². The van der Waals surface area contributed by atoms with E-state index in [2.05, 4.69) is 32.8 Å². The molecular formula is C11H11FIN3O. The number of H-pyrrole nitrogens is 1. The first-order chi connectivity index (χ1) is 8.13. The fraction of sp³-hybridized carbons (Fsp3) is 0.182. The molecule has 0 aliphatic heterocycles. The molecule has 1 heterocycles. The van der Waals surface area contributed by atoms with E-state index < -0.39 is 5.82 Å². The van der Waals surface area contributed by atoms with Crippen LogP contribution in [0, 0.1) is 9.39 Å². The van der Waals surface area contributed by atoms with Crippen molar-refractivity contribution in [2.45, 2.75) is 6.92 Å². The Labute approximate surface area is 111 Å². The number of aromatic nitrogens is 2. The van der Waals surface area contributed by atoms with Crippen LogP contribution < -0.4 is 10.5 Å². The van der Waals surface area contributed by atoms with Crippen LogP contribution in [0.1, 0.15) is 6.92 Å². The summed E-state index contributed by atoms with van der Waals surface area (Å²) in [6.45, 7) is 2.25. The fourth-order valence-electron chi connectivity index (χ4n) is 1.46. The normalized spacial score (nSPS) is 10.5. The summed E-state index contributed by atoms with van der Waals surface area (Å²) in [6.07, 6.45) is 0. The number of nitrogen functional groups attached to an aromatic ring is 1. The Morgan fingerprint density at radius 1 is 1.53 bits per heavy atom. The zero-order valence-electron chi connectivity index (χ0n) is 9.13. The maximum absolute atomic E-state index is 13.7. The van der Waals surface area contributed by atoms with Crippen LogP contribution in [0.4, 0.5) is 10.2 Å². The number of anilines is 1. The summed E-state index contributed by atoms with van der Waals surface area (Å²) in [5.74, 6) is 0.266. The summed E-state index contributed by atoms with van der Waals surface area (Å²) in [4.78, 5) is 0. The molecule has 0 saturated carbocycles. The van der Waals surface area contributed by atoms with Gasteiger partial charge in [0.2, 0.25) is 0 Å². The van der Waals surface area contributed by atoms with Gasteiger partial charge in [-0.25, -0.2) is 4.39 Å². The van der Waals surface area contributed by atoms with Crippen LogP contribution in [-0.4, -0.2) is 16.8 Å². The average Bonchev–Trinajstić information content (AvgIpc) is 2.63. The SMILES string of the molecule is CCOc1ccc(-c2[nH]nc(N)c2I)cc1F. The Hall–Kier alpha value is -1.31. The third kappa shape index (κ3) is 2.36. The first kappa shape index (κ1) is 12.2. The molecule has 0 unspecified atom stereocenters. The Balaban J connectivity index is 2.41. The minimum Gasteiger partial charge on any atom is -0.491 e. The van der Waals surface area contributed by atoms with E-state index in [0.717, 1.165) is 3.57 Å². The zero-order chi connectivity index (χ0) is 12.4. The molecule has 0 saturated heterocycles. The van der Waals surface area contributed by atoms with Crippen molar-refractivity contribution in [3.8, 4) is 17.0 Å². The van der Waals surface area contributed by atoms with E-state index >= 15 is 0 Å². The van der Waals surface area contributed by atoms with Gasteiger partial charge in [0.1, 0.15) is 0 Å². The smallest absolute Gasteiger partial charge is 0.165 e. The van der Waals surface area contributed by atoms with E-state index in [0.29, 0.717) is 23.7 Å². The number of hydrogen-bond donors (Lipinski definition) is 2. The topological polar surface area (TPSA) is 63.9 Å². The molecular weight excluding hydrogens is 336 g/mol. The van der Waals surface area contributed by atoms with E-state index in [1.54, 1.807) is 12.1 Å². The zero-order valence-corrected chi connectivity index (χ0v) is 11.3. The fourth-order valence-corrected chi connectivity index (χ4v) is 2.02. The van der Waals surface area contributed by atoms with Gasteiger partial charge in [0.25, 0.3) is 0 Å². The molecule has 2 rings (SSSR count). The van der Waals surface area contributed by atoms with E-state index in [-0.39, 0.29) is 5.75 Å². The van der Waals surface area contributed by atoms with Gasteiger partial charge >= 0.3 is 0 Å². The van der Waals surface area contributed by atoms with Crippen LogP contribution in [0.15, 0.2) is 18.2 Å². The Morgan fingerprint density at radius 3 is 2.82 bits per heavy atom. The monoisotopic (exact) mass is 347 g/mol. The molecule has 3 N–H and O–H groups in total. The quantitative estimate of drug-likeness (QED) is 0.840. The number of nitrogens with one attached hydrogen (secondary N) is 1. The van der Waals surface area contributed by atoms with E-state index in [1.807, 2.05) is 6.92 Å². The van der Waals surface area contributed by atoms with Crippen molar-refractivity contribution in [2.24, 2.45) is 0 Å². The summed E-state index contributed by atoms with van der Waals surface area (Å²) in [6, 6.07) is 4.77. The highest BCUT2D eigenvalue weighted by Gasteiger charge is 2.12. The van der Waals surface area contributed by atoms with Gasteiger partial charge in [-0.15, -0.1) is 0 Å². The molecule has 90 valence electrons. The maximum Gasteiger partial charge on any atom is 0.165 e. The van der Waals surface area contributed by atoms with E-state index in [4.69, 9.17) is 10.5 Å². The molecule has 2 aromatic rings. The minimum atomic E-state index is -0.395. The van der Waals surface area contributed by atoms with Gasteiger partial charge in [-0.05, 0) is 47.7 Å². The molecule has 0 atom stereocenters. The first-order valence-corrected chi connectivity index (χ1v) is 6.13. The first-order valence-electron chi connectivity index (χ1n) is 5.05. The molecule has 0 spiro atoms. The van der Waals surface area contributed by atoms with Crippen LogP contribution in [0.2, 0.25) is 0 Å². The molecule has 0 amide bonds. The lowest BCUT2D eigenvalue weighted by atomic mass is 10.1. The van der Waals surface area contributed by atoms with Crippen LogP contribution in [0.3, 0.4) is 0 Å². The van der Waals surface area contributed by atoms with Crippen molar-refractivity contribution >= 4 is 28.4 Å². The van der Waals surface area contributed by atoms with Gasteiger partial charge in [-0.3, -0.25) is 5.10 Å². The number of rotatable bonds is 3. The van der Waals surface area contributed by atoms with Gasteiger partial charge < -0.3 is 10.5 Å². The highest BCUT2D eigenvalue weighted by atomic mass is 127. The Bertz CT molecular complexity index is 542. The van der Waals surface area contributed by atoms with Crippen LogP contribution in [0.25, 0.3) is 11.3 Å². The molecule has 4 nitrogen and oxygen atoms in total. The summed E-state index contributed by atoms with van der Waals surface area (Å²) < 4.78 is 19.6. The molecule has 6 heteroatoms. The summed E-state index contributed by atoms with van der Waals surface area (Å²) in [5.41, 5.74) is 7.03. The molecule has 1 aromatic carbocycles. The molecule has 0 radical (unpaired) electrons. The molecule has 1 aromatic heterocycles. The number of ether oxygens (including phenoxy) is 1. The molecule has 0 fully saturated rings. The van der Waals surface area contributed by atoms with Crippen molar-refractivity contribution in [1.82, 2.24) is 10.2 Å².